The molecule has 1 aromatic carbocycles. The van der Waals surface area contributed by atoms with Gasteiger partial charge in [0, 0.05) is 45.1 Å². The van der Waals surface area contributed by atoms with Crippen LogP contribution in [0.25, 0.3) is 0 Å². The van der Waals surface area contributed by atoms with Gasteiger partial charge in [-0.25, -0.2) is 4.79 Å². The molecule has 2 aliphatic heterocycles. The van der Waals surface area contributed by atoms with Crippen LogP contribution in [-0.2, 0) is 10.9 Å². The van der Waals surface area contributed by atoms with Crippen LogP contribution in [0.15, 0.2) is 18.2 Å². The van der Waals surface area contributed by atoms with Crippen molar-refractivity contribution in [3.05, 3.63) is 23.8 Å². The Morgan fingerprint density at radius 3 is 2.38 bits per heavy atom. The fourth-order valence-corrected chi connectivity index (χ4v) is 3.25. The van der Waals surface area contributed by atoms with Gasteiger partial charge >= 0.3 is 12.3 Å². The van der Waals surface area contributed by atoms with E-state index in [1.807, 2.05) is 0 Å². The van der Waals surface area contributed by atoms with Crippen LogP contribution in [0, 0.1) is 0 Å². The number of ether oxygens (including phenoxy) is 2. The molecule has 6 nitrogen and oxygen atoms in total. The van der Waals surface area contributed by atoms with Gasteiger partial charge in [0.2, 0.25) is 0 Å². The minimum absolute atomic E-state index is 0.0984. The van der Waals surface area contributed by atoms with Crippen LogP contribution in [0.4, 0.5) is 23.7 Å². The van der Waals surface area contributed by atoms with Crippen molar-refractivity contribution in [3.8, 4) is 5.75 Å². The van der Waals surface area contributed by atoms with Crippen molar-refractivity contribution < 1.29 is 32.5 Å². The summed E-state index contributed by atoms with van der Waals surface area (Å²) in [5.41, 5.74) is -0.589. The summed E-state index contributed by atoms with van der Waals surface area (Å²) >= 11 is 0. The van der Waals surface area contributed by atoms with Crippen molar-refractivity contribution >= 4 is 11.8 Å². The minimum atomic E-state index is -4.45. The molecule has 0 aromatic heterocycles. The normalized spacial score (nSPS) is 19.5. The van der Waals surface area contributed by atoms with Crippen molar-refractivity contribution in [2.45, 2.75) is 25.1 Å². The number of hydrogen-bond acceptors (Lipinski definition) is 4. The van der Waals surface area contributed by atoms with Gasteiger partial charge in [0.15, 0.2) is 0 Å². The van der Waals surface area contributed by atoms with Gasteiger partial charge in [-0.3, -0.25) is 0 Å². The Kier molecular flexibility index (Phi) is 5.45. The molecule has 1 amide bonds. The first-order valence-electron chi connectivity index (χ1n) is 8.53. The van der Waals surface area contributed by atoms with Crippen LogP contribution in [0.5, 0.6) is 5.75 Å². The van der Waals surface area contributed by atoms with E-state index in [0.29, 0.717) is 58.0 Å². The number of morpholine rings is 1. The van der Waals surface area contributed by atoms with Crippen molar-refractivity contribution in [3.63, 3.8) is 0 Å². The number of halogens is 3. The molecule has 2 saturated heterocycles. The van der Waals surface area contributed by atoms with Crippen LogP contribution in [0.3, 0.4) is 0 Å². The van der Waals surface area contributed by atoms with Gasteiger partial charge < -0.3 is 24.4 Å². The molecule has 0 spiro atoms. The van der Waals surface area contributed by atoms with Crippen molar-refractivity contribution in [2.24, 2.45) is 0 Å². The van der Waals surface area contributed by atoms with Crippen LogP contribution in [-0.4, -0.2) is 61.6 Å². The Hall–Kier alpha value is -2.16. The standard InChI is InChI=1S/C17H21F3N2O4/c18-17(19,20)14-2-1-13(11-15(14)21-7-9-25-10-8-21)26-12-3-5-22(6-4-12)16(23)24/h1-2,11-12H,3-10H2,(H,23,24). The molecule has 0 atom stereocenters. The topological polar surface area (TPSA) is 62.2 Å². The molecule has 0 aliphatic carbocycles. The second-order valence-electron chi connectivity index (χ2n) is 6.36. The SMILES string of the molecule is O=C(O)N1CCC(Oc2ccc(C(F)(F)F)c(N3CCOCC3)c2)CC1. The lowest BCUT2D eigenvalue weighted by molar-refractivity contribution is -0.137. The third-order valence-electron chi connectivity index (χ3n) is 4.64. The van der Waals surface area contributed by atoms with Crippen LogP contribution in [0.2, 0.25) is 0 Å². The maximum atomic E-state index is 13.4. The average molecular weight is 374 g/mol. The molecule has 3 rings (SSSR count). The lowest BCUT2D eigenvalue weighted by Crippen LogP contribution is -2.41. The summed E-state index contributed by atoms with van der Waals surface area (Å²) in [5, 5.41) is 8.96. The summed E-state index contributed by atoms with van der Waals surface area (Å²) in [6.07, 6.45) is -4.59. The number of likely N-dealkylation sites (tertiary alicyclic amines) is 1. The predicted octanol–water partition coefficient (Wildman–Crippen LogP) is 3.06. The molecule has 2 fully saturated rings. The quantitative estimate of drug-likeness (QED) is 0.881. The zero-order valence-corrected chi connectivity index (χ0v) is 14.2. The number of hydrogen-bond donors (Lipinski definition) is 1. The first-order valence-corrected chi connectivity index (χ1v) is 8.53. The summed E-state index contributed by atoms with van der Waals surface area (Å²) in [7, 11) is 0. The number of carbonyl (C=O) groups is 1. The first-order chi connectivity index (χ1) is 12.3. The molecule has 1 N–H and O–H groups in total. The summed E-state index contributed by atoms with van der Waals surface area (Å²) < 4.78 is 51.1. The highest BCUT2D eigenvalue weighted by Gasteiger charge is 2.35. The minimum Gasteiger partial charge on any atom is -0.490 e. The summed E-state index contributed by atoms with van der Waals surface area (Å²) in [6, 6.07) is 3.81. The van der Waals surface area contributed by atoms with Crippen LogP contribution in [0.1, 0.15) is 18.4 Å². The number of amides is 1. The summed E-state index contributed by atoms with van der Waals surface area (Å²) in [5.74, 6) is 0.369. The smallest absolute Gasteiger partial charge is 0.418 e. The van der Waals surface area contributed by atoms with Gasteiger partial charge in [-0.1, -0.05) is 0 Å². The van der Waals surface area contributed by atoms with Gasteiger partial charge in [-0.15, -0.1) is 0 Å². The number of rotatable bonds is 3. The molecular formula is C17H21F3N2O4. The van der Waals surface area contributed by atoms with E-state index >= 15 is 0 Å². The van der Waals surface area contributed by atoms with E-state index in [0.717, 1.165) is 6.07 Å². The van der Waals surface area contributed by atoms with Crippen molar-refractivity contribution in [1.82, 2.24) is 4.90 Å². The second-order valence-corrected chi connectivity index (χ2v) is 6.36. The van der Waals surface area contributed by atoms with E-state index in [1.54, 1.807) is 4.90 Å². The number of benzene rings is 1. The maximum Gasteiger partial charge on any atom is 0.418 e. The lowest BCUT2D eigenvalue weighted by Gasteiger charge is -2.32. The average Bonchev–Trinajstić information content (AvgIpc) is 2.62. The number of alkyl halides is 3. The molecule has 0 unspecified atom stereocenters. The van der Waals surface area contributed by atoms with Crippen LogP contribution >= 0.6 is 0 Å². The molecule has 2 aliphatic rings. The highest BCUT2D eigenvalue weighted by Crippen LogP contribution is 2.39. The lowest BCUT2D eigenvalue weighted by atomic mass is 10.1. The Morgan fingerprint density at radius 1 is 1.15 bits per heavy atom. The molecule has 0 radical (unpaired) electrons. The Balaban J connectivity index is 1.75. The van der Waals surface area contributed by atoms with Crippen molar-refractivity contribution in [1.29, 1.82) is 0 Å². The fraction of sp³-hybridized carbons (Fsp3) is 0.588. The predicted molar refractivity (Wildman–Crippen MR) is 87.7 cm³/mol. The monoisotopic (exact) mass is 374 g/mol. The number of anilines is 1. The van der Waals surface area contributed by atoms with Crippen LogP contribution < -0.4 is 9.64 Å². The third-order valence-corrected chi connectivity index (χ3v) is 4.64. The highest BCUT2D eigenvalue weighted by molar-refractivity contribution is 5.65. The van der Waals surface area contributed by atoms with Gasteiger partial charge in [-0.2, -0.15) is 13.2 Å². The molecule has 0 saturated carbocycles. The van der Waals surface area contributed by atoms with E-state index in [-0.39, 0.29) is 11.8 Å². The summed E-state index contributed by atoms with van der Waals surface area (Å²) in [6.45, 7) is 2.27. The fourth-order valence-electron chi connectivity index (χ4n) is 3.25. The largest absolute Gasteiger partial charge is 0.490 e. The molecule has 144 valence electrons. The Morgan fingerprint density at radius 2 is 1.81 bits per heavy atom. The van der Waals surface area contributed by atoms with Crippen molar-refractivity contribution in [2.75, 3.05) is 44.3 Å². The Bertz CT molecular complexity index is 639. The molecule has 9 heteroatoms. The molecule has 0 bridgehead atoms. The van der Waals surface area contributed by atoms with E-state index in [2.05, 4.69) is 0 Å². The van der Waals surface area contributed by atoms with Gasteiger partial charge in [-0.05, 0) is 12.1 Å². The number of carboxylic acid groups (broad SMARTS) is 1. The second kappa shape index (κ2) is 7.61. The molecule has 26 heavy (non-hydrogen) atoms. The first kappa shape index (κ1) is 18.6. The maximum absolute atomic E-state index is 13.4. The van der Waals surface area contributed by atoms with E-state index in [4.69, 9.17) is 14.6 Å². The van der Waals surface area contributed by atoms with Gasteiger partial charge in [0.1, 0.15) is 11.9 Å². The molecule has 2 heterocycles. The van der Waals surface area contributed by atoms with E-state index in [9.17, 15) is 18.0 Å². The summed E-state index contributed by atoms with van der Waals surface area (Å²) in [4.78, 5) is 13.9. The third kappa shape index (κ3) is 4.32. The van der Waals surface area contributed by atoms with Gasteiger partial charge in [0.25, 0.3) is 0 Å². The number of nitrogens with zero attached hydrogens (tertiary/aromatic N) is 2. The zero-order chi connectivity index (χ0) is 18.7. The van der Waals surface area contributed by atoms with Gasteiger partial charge in [0.05, 0.1) is 24.5 Å². The molecule has 1 aromatic rings. The molecular weight excluding hydrogens is 353 g/mol. The van der Waals surface area contributed by atoms with E-state index < -0.39 is 17.8 Å². The highest BCUT2D eigenvalue weighted by atomic mass is 19.4. The van der Waals surface area contributed by atoms with E-state index in [1.165, 1.54) is 17.0 Å². The number of piperidine rings is 1. The zero-order valence-electron chi connectivity index (χ0n) is 14.2. The Labute approximate surface area is 149 Å².